The number of benzene rings is 1. The lowest BCUT2D eigenvalue weighted by atomic mass is 9.92. The van der Waals surface area contributed by atoms with Crippen LogP contribution in [0.5, 0.6) is 0 Å². The van der Waals surface area contributed by atoms with Crippen LogP contribution < -0.4 is 0 Å². The molecule has 0 aliphatic rings. The zero-order chi connectivity index (χ0) is 13.7. The lowest BCUT2D eigenvalue weighted by molar-refractivity contribution is -0.154. The van der Waals surface area contributed by atoms with Crippen LogP contribution >= 0.6 is 0 Å². The summed E-state index contributed by atoms with van der Waals surface area (Å²) in [4.78, 5) is 34.8. The molecule has 0 aromatic heterocycles. The highest BCUT2D eigenvalue weighted by atomic mass is 16.5. The monoisotopic (exact) mass is 250 g/mol. The predicted molar refractivity (Wildman–Crippen MR) is 63.2 cm³/mol. The standard InChI is InChI=1S/C13H14O5/c1-8(14)9-6-4-5-7-10(9)11(12(15)17-2)13(16)18-3/h4-7,11H,1-3H3. The van der Waals surface area contributed by atoms with Gasteiger partial charge in [0.15, 0.2) is 11.7 Å². The molecule has 0 saturated heterocycles. The quantitative estimate of drug-likeness (QED) is 0.458. The molecule has 0 aliphatic heterocycles. The van der Waals surface area contributed by atoms with E-state index in [9.17, 15) is 14.4 Å². The molecule has 5 nitrogen and oxygen atoms in total. The van der Waals surface area contributed by atoms with Crippen LogP contribution in [0.3, 0.4) is 0 Å². The molecule has 0 amide bonds. The number of hydrogen-bond acceptors (Lipinski definition) is 5. The molecule has 5 heteroatoms. The van der Waals surface area contributed by atoms with Gasteiger partial charge in [-0.1, -0.05) is 24.3 Å². The Balaban J connectivity index is 3.33. The number of Topliss-reactive ketones (excluding diaryl/α,β-unsaturated/α-hetero) is 1. The summed E-state index contributed by atoms with van der Waals surface area (Å²) in [6.07, 6.45) is 0. The Morgan fingerprint density at radius 2 is 1.50 bits per heavy atom. The van der Waals surface area contributed by atoms with E-state index >= 15 is 0 Å². The van der Waals surface area contributed by atoms with E-state index in [1.54, 1.807) is 18.2 Å². The van der Waals surface area contributed by atoms with E-state index < -0.39 is 17.9 Å². The molecule has 96 valence electrons. The number of carbonyl (C=O) groups is 3. The van der Waals surface area contributed by atoms with Crippen LogP contribution in [-0.2, 0) is 19.1 Å². The summed E-state index contributed by atoms with van der Waals surface area (Å²) < 4.78 is 9.15. The van der Waals surface area contributed by atoms with Crippen molar-refractivity contribution >= 4 is 17.7 Å². The van der Waals surface area contributed by atoms with Crippen LogP contribution in [0.15, 0.2) is 24.3 Å². The number of ether oxygens (including phenoxy) is 2. The molecule has 0 bridgehead atoms. The first-order valence-electron chi connectivity index (χ1n) is 5.28. The number of rotatable bonds is 4. The SMILES string of the molecule is COC(=O)C(C(=O)OC)c1ccccc1C(C)=O. The van der Waals surface area contributed by atoms with Gasteiger partial charge in [-0.2, -0.15) is 0 Å². The van der Waals surface area contributed by atoms with Crippen LogP contribution in [-0.4, -0.2) is 31.9 Å². The molecule has 1 aromatic rings. The average molecular weight is 250 g/mol. The Hall–Kier alpha value is -2.17. The summed E-state index contributed by atoms with van der Waals surface area (Å²) in [5.41, 5.74) is 0.599. The zero-order valence-electron chi connectivity index (χ0n) is 10.4. The highest BCUT2D eigenvalue weighted by molar-refractivity contribution is 6.05. The van der Waals surface area contributed by atoms with Gasteiger partial charge < -0.3 is 9.47 Å². The summed E-state index contributed by atoms with van der Waals surface area (Å²) in [7, 11) is 2.35. The Morgan fingerprint density at radius 3 is 1.94 bits per heavy atom. The lowest BCUT2D eigenvalue weighted by Crippen LogP contribution is -2.26. The topological polar surface area (TPSA) is 69.7 Å². The van der Waals surface area contributed by atoms with Gasteiger partial charge in [-0.15, -0.1) is 0 Å². The van der Waals surface area contributed by atoms with Gasteiger partial charge in [0.25, 0.3) is 0 Å². The van der Waals surface area contributed by atoms with Crippen LogP contribution in [0.4, 0.5) is 0 Å². The summed E-state index contributed by atoms with van der Waals surface area (Å²) in [5, 5.41) is 0. The van der Waals surface area contributed by atoms with Crippen molar-refractivity contribution in [3.63, 3.8) is 0 Å². The largest absolute Gasteiger partial charge is 0.468 e. The molecule has 1 aromatic carbocycles. The second-order valence-electron chi connectivity index (χ2n) is 3.62. The molecule has 0 heterocycles. The molecule has 0 spiro atoms. The Bertz CT molecular complexity index is 462. The van der Waals surface area contributed by atoms with E-state index in [-0.39, 0.29) is 5.78 Å². The summed E-state index contributed by atoms with van der Waals surface area (Å²) in [5.74, 6) is -2.98. The van der Waals surface area contributed by atoms with Crippen molar-refractivity contribution in [2.24, 2.45) is 0 Å². The molecule has 0 atom stereocenters. The molecule has 1 rings (SSSR count). The zero-order valence-corrected chi connectivity index (χ0v) is 10.4. The van der Waals surface area contributed by atoms with Gasteiger partial charge in [0, 0.05) is 5.56 Å². The molecule has 0 radical (unpaired) electrons. The van der Waals surface area contributed by atoms with Crippen LogP contribution in [0.1, 0.15) is 28.8 Å². The third kappa shape index (κ3) is 2.74. The van der Waals surface area contributed by atoms with Crippen molar-refractivity contribution in [2.75, 3.05) is 14.2 Å². The molecular weight excluding hydrogens is 236 g/mol. The molecule has 0 N–H and O–H groups in total. The average Bonchev–Trinajstić information content (AvgIpc) is 2.38. The van der Waals surface area contributed by atoms with Crippen molar-refractivity contribution in [1.29, 1.82) is 0 Å². The van der Waals surface area contributed by atoms with Crippen molar-refractivity contribution < 1.29 is 23.9 Å². The maximum Gasteiger partial charge on any atom is 0.324 e. The minimum Gasteiger partial charge on any atom is -0.468 e. The second kappa shape index (κ2) is 5.95. The third-order valence-electron chi connectivity index (χ3n) is 2.52. The first-order valence-corrected chi connectivity index (χ1v) is 5.28. The number of ketones is 1. The summed E-state index contributed by atoms with van der Waals surface area (Å²) >= 11 is 0. The fourth-order valence-corrected chi connectivity index (χ4v) is 1.66. The Labute approximate surface area is 105 Å². The van der Waals surface area contributed by atoms with Gasteiger partial charge in [-0.3, -0.25) is 14.4 Å². The molecule has 18 heavy (non-hydrogen) atoms. The van der Waals surface area contributed by atoms with E-state index in [1.807, 2.05) is 0 Å². The van der Waals surface area contributed by atoms with Gasteiger partial charge in [-0.25, -0.2) is 0 Å². The van der Waals surface area contributed by atoms with Gasteiger partial charge in [0.2, 0.25) is 0 Å². The number of hydrogen-bond donors (Lipinski definition) is 0. The van der Waals surface area contributed by atoms with Crippen molar-refractivity contribution in [1.82, 2.24) is 0 Å². The normalized spacial score (nSPS) is 10.0. The smallest absolute Gasteiger partial charge is 0.324 e. The highest BCUT2D eigenvalue weighted by Gasteiger charge is 2.32. The van der Waals surface area contributed by atoms with Gasteiger partial charge in [0.1, 0.15) is 0 Å². The highest BCUT2D eigenvalue weighted by Crippen LogP contribution is 2.23. The maximum absolute atomic E-state index is 11.7. The van der Waals surface area contributed by atoms with Crippen LogP contribution in [0, 0.1) is 0 Å². The third-order valence-corrected chi connectivity index (χ3v) is 2.52. The minimum atomic E-state index is -1.24. The van der Waals surface area contributed by atoms with Crippen LogP contribution in [0.2, 0.25) is 0 Å². The van der Waals surface area contributed by atoms with Crippen LogP contribution in [0.25, 0.3) is 0 Å². The van der Waals surface area contributed by atoms with Crippen molar-refractivity contribution in [3.8, 4) is 0 Å². The number of carbonyl (C=O) groups excluding carboxylic acids is 3. The molecule has 0 aliphatic carbocycles. The van der Waals surface area contributed by atoms with E-state index in [0.29, 0.717) is 11.1 Å². The van der Waals surface area contributed by atoms with E-state index in [1.165, 1.54) is 27.2 Å². The van der Waals surface area contributed by atoms with E-state index in [4.69, 9.17) is 0 Å². The maximum atomic E-state index is 11.7. The molecular formula is C13H14O5. The summed E-state index contributed by atoms with van der Waals surface area (Å²) in [6.45, 7) is 1.37. The first kappa shape index (κ1) is 13.9. The van der Waals surface area contributed by atoms with Gasteiger partial charge in [0.05, 0.1) is 14.2 Å². The fraction of sp³-hybridized carbons (Fsp3) is 0.308. The van der Waals surface area contributed by atoms with Gasteiger partial charge in [-0.05, 0) is 12.5 Å². The number of methoxy groups -OCH3 is 2. The van der Waals surface area contributed by atoms with Crippen molar-refractivity contribution in [2.45, 2.75) is 12.8 Å². The second-order valence-corrected chi connectivity index (χ2v) is 3.62. The Kier molecular flexibility index (Phi) is 4.59. The summed E-state index contributed by atoms with van der Waals surface area (Å²) in [6, 6.07) is 6.39. The molecule has 0 fully saturated rings. The van der Waals surface area contributed by atoms with Gasteiger partial charge >= 0.3 is 11.9 Å². The van der Waals surface area contributed by atoms with E-state index in [2.05, 4.69) is 9.47 Å². The van der Waals surface area contributed by atoms with Crippen molar-refractivity contribution in [3.05, 3.63) is 35.4 Å². The number of esters is 2. The first-order chi connectivity index (χ1) is 8.52. The minimum absolute atomic E-state index is 0.233. The molecule has 0 unspecified atom stereocenters. The Morgan fingerprint density at radius 1 is 1.00 bits per heavy atom. The lowest BCUT2D eigenvalue weighted by Gasteiger charge is -2.15. The molecule has 0 saturated carbocycles. The van der Waals surface area contributed by atoms with E-state index in [0.717, 1.165) is 0 Å². The fourth-order valence-electron chi connectivity index (χ4n) is 1.66. The predicted octanol–water partition coefficient (Wildman–Crippen LogP) is 1.32.